The molecule has 0 unspecified atom stereocenters. The third-order valence-electron chi connectivity index (χ3n) is 8.61. The Hall–Kier alpha value is -3.68. The Bertz CT molecular complexity index is 1820. The molecule has 3 aromatic carbocycles. The summed E-state index contributed by atoms with van der Waals surface area (Å²) in [5, 5.41) is 21.0. The van der Waals surface area contributed by atoms with E-state index in [9.17, 15) is 23.1 Å². The standard InChI is InChI=1S/C38H51N5O5S2/c1-26(2)23-43(50(47,48)29-18-19-30-33(21-29)49-25-39-30)24-32(44)31(20-27-14-10-8-11-15-27)41-36(46)35(37(3,4)5)42-34(45)22-40-38(6,7)28-16-12-9-13-17-28/h8-19,21,25-26,31-32,35,40,44H,20,22-24H2,1-7H3,(H,41,46)(H,42,45)/t31-,32+,35+/m0/s1. The van der Waals surface area contributed by atoms with E-state index in [-0.39, 0.29) is 42.8 Å². The summed E-state index contributed by atoms with van der Waals surface area (Å²) in [5.74, 6) is -0.856. The Morgan fingerprint density at radius 2 is 1.54 bits per heavy atom. The van der Waals surface area contributed by atoms with Gasteiger partial charge in [-0.25, -0.2) is 13.4 Å². The molecule has 0 radical (unpaired) electrons. The van der Waals surface area contributed by atoms with E-state index < -0.39 is 45.1 Å². The number of benzene rings is 3. The maximum Gasteiger partial charge on any atom is 0.243 e. The molecule has 4 rings (SSSR count). The molecule has 50 heavy (non-hydrogen) atoms. The lowest BCUT2D eigenvalue weighted by molar-refractivity contribution is -0.132. The molecule has 3 atom stereocenters. The first kappa shape index (κ1) is 39.1. The predicted octanol–water partition coefficient (Wildman–Crippen LogP) is 5.09. The van der Waals surface area contributed by atoms with E-state index in [1.165, 1.54) is 21.7 Å². The molecule has 1 heterocycles. The first-order chi connectivity index (χ1) is 23.5. The largest absolute Gasteiger partial charge is 0.390 e. The van der Waals surface area contributed by atoms with Crippen LogP contribution >= 0.6 is 11.3 Å². The summed E-state index contributed by atoms with van der Waals surface area (Å²) in [4.78, 5) is 31.7. The van der Waals surface area contributed by atoms with Gasteiger partial charge in [-0.3, -0.25) is 14.9 Å². The quantitative estimate of drug-likeness (QED) is 0.126. The zero-order chi connectivity index (χ0) is 36.7. The number of carbonyl (C=O) groups is 2. The van der Waals surface area contributed by atoms with Crippen LogP contribution in [0.5, 0.6) is 0 Å². The van der Waals surface area contributed by atoms with E-state index in [4.69, 9.17) is 0 Å². The number of sulfonamides is 1. The summed E-state index contributed by atoms with van der Waals surface area (Å²) in [6.45, 7) is 13.3. The minimum atomic E-state index is -4.01. The monoisotopic (exact) mass is 721 g/mol. The van der Waals surface area contributed by atoms with Gasteiger partial charge in [-0.15, -0.1) is 11.3 Å². The van der Waals surface area contributed by atoms with Gasteiger partial charge >= 0.3 is 0 Å². The smallest absolute Gasteiger partial charge is 0.243 e. The Labute approximate surface area is 300 Å². The fourth-order valence-corrected chi connectivity index (χ4v) is 8.16. The van der Waals surface area contributed by atoms with Crippen LogP contribution in [0.15, 0.2) is 89.3 Å². The maximum atomic E-state index is 14.0. The molecular weight excluding hydrogens is 671 g/mol. The molecule has 0 aliphatic heterocycles. The van der Waals surface area contributed by atoms with Crippen molar-refractivity contribution in [2.75, 3.05) is 19.6 Å². The Morgan fingerprint density at radius 1 is 0.900 bits per heavy atom. The van der Waals surface area contributed by atoms with Gasteiger partial charge in [0.2, 0.25) is 21.8 Å². The van der Waals surface area contributed by atoms with Crippen molar-refractivity contribution < 1.29 is 23.1 Å². The van der Waals surface area contributed by atoms with Gasteiger partial charge in [0.15, 0.2) is 0 Å². The van der Waals surface area contributed by atoms with Gasteiger partial charge in [0.1, 0.15) is 6.04 Å². The number of aliphatic hydroxyl groups excluding tert-OH is 1. The Morgan fingerprint density at radius 3 is 2.16 bits per heavy atom. The zero-order valence-corrected chi connectivity index (χ0v) is 31.6. The molecular formula is C38H51N5O5S2. The van der Waals surface area contributed by atoms with Crippen LogP contribution in [0.25, 0.3) is 10.2 Å². The van der Waals surface area contributed by atoms with E-state index in [1.807, 2.05) is 109 Å². The van der Waals surface area contributed by atoms with E-state index >= 15 is 0 Å². The van der Waals surface area contributed by atoms with Gasteiger partial charge in [0.25, 0.3) is 0 Å². The highest BCUT2D eigenvalue weighted by molar-refractivity contribution is 7.89. The van der Waals surface area contributed by atoms with Crippen LogP contribution in [0.2, 0.25) is 0 Å². The highest BCUT2D eigenvalue weighted by atomic mass is 32.2. The van der Waals surface area contributed by atoms with E-state index in [2.05, 4.69) is 20.9 Å². The van der Waals surface area contributed by atoms with Crippen molar-refractivity contribution in [3.8, 4) is 0 Å². The van der Waals surface area contributed by atoms with Crippen LogP contribution in [0.4, 0.5) is 0 Å². The molecule has 2 amide bonds. The number of carbonyl (C=O) groups excluding carboxylic acids is 2. The number of thiazole rings is 1. The molecule has 0 aliphatic carbocycles. The van der Waals surface area contributed by atoms with Crippen molar-refractivity contribution in [3.63, 3.8) is 0 Å². The number of hydrogen-bond donors (Lipinski definition) is 4. The summed E-state index contributed by atoms with van der Waals surface area (Å²) >= 11 is 1.36. The van der Waals surface area contributed by atoms with Crippen LogP contribution in [-0.2, 0) is 31.6 Å². The number of nitrogens with one attached hydrogen (secondary N) is 3. The minimum Gasteiger partial charge on any atom is -0.390 e. The van der Waals surface area contributed by atoms with Crippen molar-refractivity contribution >= 4 is 43.4 Å². The number of fused-ring (bicyclic) bond motifs is 1. The van der Waals surface area contributed by atoms with Crippen LogP contribution in [-0.4, -0.2) is 72.4 Å². The lowest BCUT2D eigenvalue weighted by Gasteiger charge is -2.35. The molecule has 1 aromatic heterocycles. The van der Waals surface area contributed by atoms with Crippen molar-refractivity contribution in [2.45, 2.75) is 83.5 Å². The topological polar surface area (TPSA) is 141 Å². The summed E-state index contributed by atoms with van der Waals surface area (Å²) in [6.07, 6.45) is -1.03. The van der Waals surface area contributed by atoms with E-state index in [1.54, 1.807) is 17.6 Å². The van der Waals surface area contributed by atoms with Gasteiger partial charge in [0.05, 0.1) is 39.3 Å². The second-order valence-corrected chi connectivity index (χ2v) is 17.6. The molecule has 0 aliphatic rings. The molecule has 0 fully saturated rings. The number of amides is 2. The fraction of sp³-hybridized carbons (Fsp3) is 0.447. The molecule has 12 heteroatoms. The lowest BCUT2D eigenvalue weighted by atomic mass is 9.85. The molecule has 4 aromatic rings. The molecule has 0 saturated carbocycles. The summed E-state index contributed by atoms with van der Waals surface area (Å²) in [6, 6.07) is 22.2. The molecule has 0 bridgehead atoms. The second kappa shape index (κ2) is 16.6. The van der Waals surface area contributed by atoms with Crippen LogP contribution < -0.4 is 16.0 Å². The number of nitrogens with zero attached hydrogens (tertiary/aromatic N) is 2. The molecule has 0 spiro atoms. The molecule has 270 valence electrons. The van der Waals surface area contributed by atoms with Gasteiger partial charge < -0.3 is 15.7 Å². The third-order valence-corrected chi connectivity index (χ3v) is 11.2. The molecule has 10 nitrogen and oxygen atoms in total. The van der Waals surface area contributed by atoms with Crippen LogP contribution in [0.1, 0.15) is 59.6 Å². The third kappa shape index (κ3) is 10.4. The van der Waals surface area contributed by atoms with Crippen molar-refractivity contribution in [2.24, 2.45) is 11.3 Å². The normalized spacial score (nSPS) is 14.4. The van der Waals surface area contributed by atoms with Gasteiger partial charge in [-0.05, 0) is 60.9 Å². The van der Waals surface area contributed by atoms with Gasteiger partial charge in [-0.1, -0.05) is 95.3 Å². The minimum absolute atomic E-state index is 0.0207. The SMILES string of the molecule is CC(C)CN(C[C@@H](O)[C@H](Cc1ccccc1)NC(=O)[C@@H](NC(=O)CNC(C)(C)c1ccccc1)C(C)(C)C)S(=O)(=O)c1ccc2ncsc2c1. The maximum absolute atomic E-state index is 14.0. The van der Waals surface area contributed by atoms with Crippen molar-refractivity contribution in [3.05, 3.63) is 95.5 Å². The van der Waals surface area contributed by atoms with E-state index in [0.717, 1.165) is 15.8 Å². The van der Waals surface area contributed by atoms with E-state index in [0.29, 0.717) is 5.52 Å². The average Bonchev–Trinajstić information content (AvgIpc) is 3.54. The summed E-state index contributed by atoms with van der Waals surface area (Å²) < 4.78 is 30.1. The highest BCUT2D eigenvalue weighted by Crippen LogP contribution is 2.26. The molecule has 4 N–H and O–H groups in total. The van der Waals surface area contributed by atoms with Gasteiger partial charge in [-0.2, -0.15) is 4.31 Å². The summed E-state index contributed by atoms with van der Waals surface area (Å²) in [5.41, 5.74) is 3.09. The number of aliphatic hydroxyl groups is 1. The first-order valence-electron chi connectivity index (χ1n) is 16.9. The second-order valence-electron chi connectivity index (χ2n) is 14.8. The lowest BCUT2D eigenvalue weighted by Crippen LogP contribution is -2.59. The van der Waals surface area contributed by atoms with Crippen molar-refractivity contribution in [1.29, 1.82) is 0 Å². The fourth-order valence-electron chi connectivity index (χ4n) is 5.72. The van der Waals surface area contributed by atoms with Crippen molar-refractivity contribution in [1.82, 2.24) is 25.2 Å². The summed E-state index contributed by atoms with van der Waals surface area (Å²) in [7, 11) is -4.01. The Kier molecular flexibility index (Phi) is 13.0. The molecule has 0 saturated heterocycles. The number of aromatic nitrogens is 1. The average molecular weight is 722 g/mol. The highest BCUT2D eigenvalue weighted by Gasteiger charge is 2.37. The number of rotatable bonds is 16. The van der Waals surface area contributed by atoms with Crippen LogP contribution in [0.3, 0.4) is 0 Å². The first-order valence-corrected chi connectivity index (χ1v) is 19.2. The zero-order valence-electron chi connectivity index (χ0n) is 30.0. The van der Waals surface area contributed by atoms with Gasteiger partial charge in [0, 0.05) is 18.6 Å². The van der Waals surface area contributed by atoms with Crippen LogP contribution in [0, 0.1) is 11.3 Å². The Balaban J connectivity index is 1.55. The predicted molar refractivity (Wildman–Crippen MR) is 200 cm³/mol. The number of hydrogen-bond acceptors (Lipinski definition) is 8.